The van der Waals surface area contributed by atoms with Crippen molar-refractivity contribution in [3.63, 3.8) is 0 Å². The molecule has 2 aromatic rings. The third-order valence-electron chi connectivity index (χ3n) is 5.46. The lowest BCUT2D eigenvalue weighted by Crippen LogP contribution is -2.40. The minimum atomic E-state index is 0.553. The summed E-state index contributed by atoms with van der Waals surface area (Å²) in [4.78, 5) is 12.0. The molecule has 132 valence electrons. The van der Waals surface area contributed by atoms with Crippen LogP contribution in [0.5, 0.6) is 0 Å². The van der Waals surface area contributed by atoms with Crippen LogP contribution in [0.3, 0.4) is 0 Å². The molecule has 4 heteroatoms. The molecule has 0 bridgehead atoms. The third kappa shape index (κ3) is 3.63. The molecular weight excluding hydrogens is 308 g/mol. The summed E-state index contributed by atoms with van der Waals surface area (Å²) in [6, 6.07) is 9.23. The fraction of sp³-hybridized carbons (Fsp3) is 0.524. The van der Waals surface area contributed by atoms with Gasteiger partial charge in [0.15, 0.2) is 0 Å². The number of aryl methyl sites for hydroxylation is 3. The number of hydrogen-bond acceptors (Lipinski definition) is 4. The van der Waals surface area contributed by atoms with E-state index < -0.39 is 0 Å². The second-order valence-electron chi connectivity index (χ2n) is 7.50. The summed E-state index contributed by atoms with van der Waals surface area (Å²) >= 11 is 0. The highest BCUT2D eigenvalue weighted by molar-refractivity contribution is 5.51. The highest BCUT2D eigenvalue weighted by Crippen LogP contribution is 2.30. The summed E-state index contributed by atoms with van der Waals surface area (Å²) < 4.78 is 0. The van der Waals surface area contributed by atoms with Crippen molar-refractivity contribution < 1.29 is 0 Å². The number of anilines is 2. The van der Waals surface area contributed by atoms with E-state index in [0.29, 0.717) is 6.04 Å². The summed E-state index contributed by atoms with van der Waals surface area (Å²) in [5, 5.41) is 3.71. The molecule has 0 spiro atoms. The number of piperidine rings is 1. The SMILES string of the molecule is Cc1cccc(NC2CCN(c3nc(C)nc4c3CCCC4)CC2)c1. The topological polar surface area (TPSA) is 41.0 Å². The van der Waals surface area contributed by atoms with Crippen molar-refractivity contribution in [2.45, 2.75) is 58.4 Å². The molecular formula is C21H28N4. The van der Waals surface area contributed by atoms with Gasteiger partial charge in [0.1, 0.15) is 11.6 Å². The van der Waals surface area contributed by atoms with Gasteiger partial charge in [-0.2, -0.15) is 0 Å². The molecule has 1 saturated heterocycles. The first-order valence-corrected chi connectivity index (χ1v) is 9.63. The maximum atomic E-state index is 4.83. The smallest absolute Gasteiger partial charge is 0.135 e. The predicted molar refractivity (Wildman–Crippen MR) is 103 cm³/mol. The van der Waals surface area contributed by atoms with Gasteiger partial charge in [-0.1, -0.05) is 12.1 Å². The first-order chi connectivity index (χ1) is 12.2. The maximum absolute atomic E-state index is 4.83. The Hall–Kier alpha value is -2.10. The first-order valence-electron chi connectivity index (χ1n) is 9.63. The largest absolute Gasteiger partial charge is 0.382 e. The van der Waals surface area contributed by atoms with E-state index in [1.54, 1.807) is 0 Å². The van der Waals surface area contributed by atoms with Gasteiger partial charge >= 0.3 is 0 Å². The minimum absolute atomic E-state index is 0.553. The summed E-state index contributed by atoms with van der Waals surface area (Å²) in [5.74, 6) is 2.15. The van der Waals surface area contributed by atoms with Gasteiger partial charge in [-0.15, -0.1) is 0 Å². The van der Waals surface area contributed by atoms with E-state index in [1.807, 2.05) is 6.92 Å². The fourth-order valence-corrected chi connectivity index (χ4v) is 4.16. The number of rotatable bonds is 3. The van der Waals surface area contributed by atoms with Gasteiger partial charge in [0.05, 0.1) is 0 Å². The van der Waals surface area contributed by atoms with E-state index in [9.17, 15) is 0 Å². The average molecular weight is 336 g/mol. The Morgan fingerprint density at radius 2 is 1.84 bits per heavy atom. The Labute approximate surface area is 150 Å². The predicted octanol–water partition coefficient (Wildman–Crippen LogP) is 4.05. The van der Waals surface area contributed by atoms with Crippen molar-refractivity contribution in [1.29, 1.82) is 0 Å². The lowest BCUT2D eigenvalue weighted by atomic mass is 9.95. The normalized spacial score (nSPS) is 18.1. The molecule has 1 aromatic heterocycles. The van der Waals surface area contributed by atoms with Gasteiger partial charge in [-0.3, -0.25) is 0 Å². The van der Waals surface area contributed by atoms with Crippen molar-refractivity contribution in [3.05, 3.63) is 46.9 Å². The monoisotopic (exact) mass is 336 g/mol. The van der Waals surface area contributed by atoms with Gasteiger partial charge < -0.3 is 10.2 Å². The molecule has 2 aliphatic rings. The standard InChI is InChI=1S/C21H28N4/c1-15-6-5-7-18(14-15)24-17-10-12-25(13-11-17)21-19-8-3-4-9-20(19)22-16(2)23-21/h5-7,14,17,24H,3-4,8-13H2,1-2H3. The van der Waals surface area contributed by atoms with Crippen molar-refractivity contribution >= 4 is 11.5 Å². The highest BCUT2D eigenvalue weighted by atomic mass is 15.2. The van der Waals surface area contributed by atoms with E-state index >= 15 is 0 Å². The Morgan fingerprint density at radius 3 is 2.64 bits per heavy atom. The van der Waals surface area contributed by atoms with Crippen LogP contribution >= 0.6 is 0 Å². The van der Waals surface area contributed by atoms with E-state index in [1.165, 1.54) is 41.2 Å². The zero-order valence-electron chi connectivity index (χ0n) is 15.4. The quantitative estimate of drug-likeness (QED) is 0.918. The highest BCUT2D eigenvalue weighted by Gasteiger charge is 2.25. The van der Waals surface area contributed by atoms with Crippen LogP contribution in [-0.2, 0) is 12.8 Å². The van der Waals surface area contributed by atoms with Gasteiger partial charge in [-0.05, 0) is 70.1 Å². The van der Waals surface area contributed by atoms with Crippen LogP contribution in [0.1, 0.15) is 48.3 Å². The van der Waals surface area contributed by atoms with Crippen molar-refractivity contribution in [1.82, 2.24) is 9.97 Å². The minimum Gasteiger partial charge on any atom is -0.382 e. The summed E-state index contributed by atoms with van der Waals surface area (Å²) in [7, 11) is 0. The fourth-order valence-electron chi connectivity index (χ4n) is 4.16. The number of fused-ring (bicyclic) bond motifs is 1. The Balaban J connectivity index is 1.45. The molecule has 2 heterocycles. The van der Waals surface area contributed by atoms with Crippen molar-refractivity contribution in [2.24, 2.45) is 0 Å². The van der Waals surface area contributed by atoms with Crippen LogP contribution < -0.4 is 10.2 Å². The number of hydrogen-bond donors (Lipinski definition) is 1. The Morgan fingerprint density at radius 1 is 1.04 bits per heavy atom. The molecule has 25 heavy (non-hydrogen) atoms. The molecule has 0 amide bonds. The van der Waals surface area contributed by atoms with Crippen LogP contribution in [-0.4, -0.2) is 29.1 Å². The lowest BCUT2D eigenvalue weighted by Gasteiger charge is -2.35. The zero-order chi connectivity index (χ0) is 17.2. The van der Waals surface area contributed by atoms with E-state index in [-0.39, 0.29) is 0 Å². The number of nitrogens with one attached hydrogen (secondary N) is 1. The molecule has 0 atom stereocenters. The van der Waals surface area contributed by atoms with Crippen LogP contribution in [0.2, 0.25) is 0 Å². The molecule has 1 fully saturated rings. The second-order valence-corrected chi connectivity index (χ2v) is 7.50. The van der Waals surface area contributed by atoms with Gasteiger partial charge in [0.2, 0.25) is 0 Å². The average Bonchev–Trinajstić information content (AvgIpc) is 2.62. The lowest BCUT2D eigenvalue weighted by molar-refractivity contribution is 0.519. The molecule has 1 N–H and O–H groups in total. The second kappa shape index (κ2) is 7.03. The van der Waals surface area contributed by atoms with E-state index in [2.05, 4.69) is 41.4 Å². The Kier molecular flexibility index (Phi) is 4.60. The van der Waals surface area contributed by atoms with Crippen LogP contribution in [0.4, 0.5) is 11.5 Å². The van der Waals surface area contributed by atoms with Crippen LogP contribution in [0, 0.1) is 13.8 Å². The molecule has 4 nitrogen and oxygen atoms in total. The van der Waals surface area contributed by atoms with Gasteiger partial charge in [0.25, 0.3) is 0 Å². The molecule has 0 saturated carbocycles. The molecule has 1 aliphatic carbocycles. The number of nitrogens with zero attached hydrogens (tertiary/aromatic N) is 3. The van der Waals surface area contributed by atoms with Gasteiger partial charge in [0, 0.05) is 36.1 Å². The maximum Gasteiger partial charge on any atom is 0.135 e. The van der Waals surface area contributed by atoms with Crippen molar-refractivity contribution in [2.75, 3.05) is 23.3 Å². The van der Waals surface area contributed by atoms with Crippen LogP contribution in [0.15, 0.2) is 24.3 Å². The molecule has 0 unspecified atom stereocenters. The molecule has 4 rings (SSSR count). The molecule has 1 aliphatic heterocycles. The Bertz CT molecular complexity index is 748. The summed E-state index contributed by atoms with van der Waals surface area (Å²) in [6.07, 6.45) is 7.13. The summed E-state index contributed by atoms with van der Waals surface area (Å²) in [6.45, 7) is 6.33. The molecule has 1 aromatic carbocycles. The van der Waals surface area contributed by atoms with Crippen LogP contribution in [0.25, 0.3) is 0 Å². The zero-order valence-corrected chi connectivity index (χ0v) is 15.4. The first kappa shape index (κ1) is 16.4. The van der Waals surface area contributed by atoms with Gasteiger partial charge in [-0.25, -0.2) is 9.97 Å². The van der Waals surface area contributed by atoms with Crippen molar-refractivity contribution in [3.8, 4) is 0 Å². The van der Waals surface area contributed by atoms with E-state index in [0.717, 1.165) is 44.6 Å². The molecule has 0 radical (unpaired) electrons. The van der Waals surface area contributed by atoms with E-state index in [4.69, 9.17) is 9.97 Å². The number of aromatic nitrogens is 2. The third-order valence-corrected chi connectivity index (χ3v) is 5.46. The number of benzene rings is 1. The summed E-state index contributed by atoms with van der Waals surface area (Å²) in [5.41, 5.74) is 5.27.